The number of aliphatic carboxylic acids is 1. The molecule has 0 fully saturated rings. The molecule has 0 aliphatic rings. The molecule has 1 unspecified atom stereocenters. The molecule has 150 valence electrons. The second kappa shape index (κ2) is 7.83. The number of benzene rings is 2. The van der Waals surface area contributed by atoms with Gasteiger partial charge in [-0.25, -0.2) is 9.78 Å². The highest BCUT2D eigenvalue weighted by molar-refractivity contribution is 5.98. The van der Waals surface area contributed by atoms with Crippen LogP contribution in [-0.4, -0.2) is 32.5 Å². The molecule has 1 atom stereocenters. The van der Waals surface area contributed by atoms with Gasteiger partial charge in [-0.1, -0.05) is 48.5 Å². The Bertz CT molecular complexity index is 1260. The van der Waals surface area contributed by atoms with Gasteiger partial charge in [-0.3, -0.25) is 4.79 Å². The first-order valence-electron chi connectivity index (χ1n) is 9.60. The number of carboxylic acid groups (broad SMARTS) is 1. The summed E-state index contributed by atoms with van der Waals surface area (Å²) in [6.07, 6.45) is 3.47. The normalized spacial score (nSPS) is 13.1. The lowest BCUT2D eigenvalue weighted by Crippen LogP contribution is -2.56. The molecule has 6 heteroatoms. The average molecular weight is 399 g/mol. The highest BCUT2D eigenvalue weighted by atomic mass is 16.4. The van der Waals surface area contributed by atoms with Gasteiger partial charge in [0.1, 0.15) is 11.2 Å². The number of nitrogens with zero attached hydrogens (tertiary/aromatic N) is 1. The quantitative estimate of drug-likeness (QED) is 0.408. The molecule has 3 N–H and O–H groups in total. The van der Waals surface area contributed by atoms with E-state index in [4.69, 9.17) is 0 Å². The van der Waals surface area contributed by atoms with E-state index in [2.05, 4.69) is 21.9 Å². The zero-order valence-electron chi connectivity index (χ0n) is 16.3. The van der Waals surface area contributed by atoms with E-state index >= 15 is 0 Å². The summed E-state index contributed by atoms with van der Waals surface area (Å²) in [6, 6.07) is 18.5. The molecular formula is C24H21N3O3. The minimum atomic E-state index is -1.54. The molecule has 0 aliphatic carbocycles. The van der Waals surface area contributed by atoms with E-state index in [1.807, 2.05) is 48.5 Å². The van der Waals surface area contributed by atoms with Gasteiger partial charge in [0.2, 0.25) is 0 Å². The first kappa shape index (κ1) is 19.4. The number of para-hydroxylation sites is 2. The van der Waals surface area contributed by atoms with Crippen molar-refractivity contribution in [3.05, 3.63) is 90.8 Å². The third kappa shape index (κ3) is 3.55. The summed E-state index contributed by atoms with van der Waals surface area (Å²) in [6.45, 7) is 3.70. The largest absolute Gasteiger partial charge is 0.479 e. The van der Waals surface area contributed by atoms with Crippen LogP contribution >= 0.6 is 0 Å². The number of pyridine rings is 1. The molecule has 4 rings (SSSR count). The third-order valence-electron chi connectivity index (χ3n) is 5.25. The molecule has 0 saturated heterocycles. The van der Waals surface area contributed by atoms with Crippen molar-refractivity contribution in [2.45, 2.75) is 18.4 Å². The zero-order chi connectivity index (χ0) is 21.1. The number of carboxylic acids is 1. The second-order valence-corrected chi connectivity index (χ2v) is 7.26. The van der Waals surface area contributed by atoms with Crippen molar-refractivity contribution in [2.75, 3.05) is 0 Å². The Morgan fingerprint density at radius 3 is 2.67 bits per heavy atom. The topological polar surface area (TPSA) is 95.1 Å². The smallest absolute Gasteiger partial charge is 0.330 e. The SMILES string of the molecule is C=CCC(Cc1c[nH]c2ccccc12)(NC(=O)c1ccc2ccccc2n1)C(=O)O. The second-order valence-electron chi connectivity index (χ2n) is 7.26. The summed E-state index contributed by atoms with van der Waals surface area (Å²) in [5.74, 6) is -1.66. The number of H-pyrrole nitrogens is 1. The fourth-order valence-corrected chi connectivity index (χ4v) is 3.71. The van der Waals surface area contributed by atoms with Crippen molar-refractivity contribution in [2.24, 2.45) is 0 Å². The van der Waals surface area contributed by atoms with E-state index in [1.54, 1.807) is 18.3 Å². The Kier molecular flexibility index (Phi) is 5.06. The molecule has 0 spiro atoms. The summed E-state index contributed by atoms with van der Waals surface area (Å²) >= 11 is 0. The molecule has 2 aromatic heterocycles. The highest BCUT2D eigenvalue weighted by Gasteiger charge is 2.40. The van der Waals surface area contributed by atoms with Crippen LogP contribution in [0, 0.1) is 0 Å². The molecular weight excluding hydrogens is 378 g/mol. The lowest BCUT2D eigenvalue weighted by molar-refractivity contribution is -0.144. The van der Waals surface area contributed by atoms with Gasteiger partial charge in [0.15, 0.2) is 0 Å². The Morgan fingerprint density at radius 2 is 1.87 bits per heavy atom. The number of carbonyl (C=O) groups excluding carboxylic acids is 1. The van der Waals surface area contributed by atoms with Gasteiger partial charge in [0, 0.05) is 28.9 Å². The summed E-state index contributed by atoms with van der Waals surface area (Å²) < 4.78 is 0. The molecule has 1 amide bonds. The number of aromatic nitrogens is 2. The first-order valence-corrected chi connectivity index (χ1v) is 9.60. The van der Waals surface area contributed by atoms with Crippen LogP contribution in [0.5, 0.6) is 0 Å². The van der Waals surface area contributed by atoms with Gasteiger partial charge < -0.3 is 15.4 Å². The Labute approximate surface area is 173 Å². The number of nitrogens with one attached hydrogen (secondary N) is 2. The van der Waals surface area contributed by atoms with Gasteiger partial charge in [-0.2, -0.15) is 0 Å². The molecule has 0 radical (unpaired) electrons. The third-order valence-corrected chi connectivity index (χ3v) is 5.25. The monoisotopic (exact) mass is 399 g/mol. The molecule has 6 nitrogen and oxygen atoms in total. The van der Waals surface area contributed by atoms with E-state index in [-0.39, 0.29) is 18.5 Å². The first-order chi connectivity index (χ1) is 14.5. The zero-order valence-corrected chi connectivity index (χ0v) is 16.3. The Morgan fingerprint density at radius 1 is 1.10 bits per heavy atom. The van der Waals surface area contributed by atoms with Crippen molar-refractivity contribution in [3.63, 3.8) is 0 Å². The van der Waals surface area contributed by atoms with E-state index in [9.17, 15) is 14.7 Å². The molecule has 2 heterocycles. The predicted molar refractivity (Wildman–Crippen MR) is 116 cm³/mol. The van der Waals surface area contributed by atoms with Crippen LogP contribution in [-0.2, 0) is 11.2 Å². The van der Waals surface area contributed by atoms with E-state index in [0.29, 0.717) is 5.52 Å². The predicted octanol–water partition coefficient (Wildman–Crippen LogP) is 4.09. The summed E-state index contributed by atoms with van der Waals surface area (Å²) in [5, 5.41) is 14.7. The van der Waals surface area contributed by atoms with Crippen LogP contribution in [0.1, 0.15) is 22.5 Å². The molecule has 4 aromatic rings. The molecule has 30 heavy (non-hydrogen) atoms. The van der Waals surface area contributed by atoms with Crippen LogP contribution in [0.25, 0.3) is 21.8 Å². The van der Waals surface area contributed by atoms with Crippen molar-refractivity contribution in [3.8, 4) is 0 Å². The van der Waals surface area contributed by atoms with Gasteiger partial charge >= 0.3 is 5.97 Å². The highest BCUT2D eigenvalue weighted by Crippen LogP contribution is 2.26. The summed E-state index contributed by atoms with van der Waals surface area (Å²) in [7, 11) is 0. The molecule has 0 saturated carbocycles. The maximum absolute atomic E-state index is 13.0. The van der Waals surface area contributed by atoms with Crippen LogP contribution in [0.3, 0.4) is 0 Å². The average Bonchev–Trinajstić information content (AvgIpc) is 3.16. The van der Waals surface area contributed by atoms with Gasteiger partial charge in [-0.15, -0.1) is 6.58 Å². The fraction of sp³-hybridized carbons (Fsp3) is 0.125. The van der Waals surface area contributed by atoms with Crippen molar-refractivity contribution in [1.82, 2.24) is 15.3 Å². The van der Waals surface area contributed by atoms with Crippen molar-refractivity contribution < 1.29 is 14.7 Å². The van der Waals surface area contributed by atoms with Gasteiger partial charge in [0.25, 0.3) is 5.91 Å². The number of fused-ring (bicyclic) bond motifs is 2. The van der Waals surface area contributed by atoms with Crippen LogP contribution in [0.2, 0.25) is 0 Å². The van der Waals surface area contributed by atoms with Crippen LogP contribution < -0.4 is 5.32 Å². The summed E-state index contributed by atoms with van der Waals surface area (Å²) in [5.41, 5.74) is 1.01. The van der Waals surface area contributed by atoms with E-state index in [0.717, 1.165) is 21.9 Å². The molecule has 2 aromatic carbocycles. The van der Waals surface area contributed by atoms with Gasteiger partial charge in [0.05, 0.1) is 5.52 Å². The number of hydrogen-bond donors (Lipinski definition) is 3. The lowest BCUT2D eigenvalue weighted by Gasteiger charge is -2.29. The van der Waals surface area contributed by atoms with E-state index in [1.165, 1.54) is 6.08 Å². The maximum Gasteiger partial charge on any atom is 0.330 e. The number of rotatable bonds is 7. The van der Waals surface area contributed by atoms with Crippen molar-refractivity contribution in [1.29, 1.82) is 0 Å². The number of amides is 1. The lowest BCUT2D eigenvalue weighted by atomic mass is 9.87. The molecule has 0 aliphatic heterocycles. The maximum atomic E-state index is 13.0. The minimum absolute atomic E-state index is 0.0706. The standard InChI is InChI=1S/C24H21N3O3/c1-2-13-24(23(29)30,14-17-15-25-20-10-6-4-8-18(17)20)27-22(28)21-12-11-16-7-3-5-9-19(16)26-21/h2-12,15,25H,1,13-14H2,(H,27,28)(H,29,30). The van der Waals surface area contributed by atoms with E-state index < -0.39 is 17.4 Å². The van der Waals surface area contributed by atoms with Crippen LogP contribution in [0.4, 0.5) is 0 Å². The summed E-state index contributed by atoms with van der Waals surface area (Å²) in [4.78, 5) is 32.9. The molecule has 0 bridgehead atoms. The number of carbonyl (C=O) groups is 2. The number of aromatic amines is 1. The van der Waals surface area contributed by atoms with Gasteiger partial charge in [-0.05, 0) is 30.2 Å². The Balaban J connectivity index is 1.69. The number of hydrogen-bond acceptors (Lipinski definition) is 3. The van der Waals surface area contributed by atoms with Crippen LogP contribution in [0.15, 0.2) is 79.5 Å². The minimum Gasteiger partial charge on any atom is -0.479 e. The van der Waals surface area contributed by atoms with Crippen molar-refractivity contribution >= 4 is 33.7 Å². The fourth-order valence-electron chi connectivity index (χ4n) is 3.71. The Hall–Kier alpha value is -3.93.